The van der Waals surface area contributed by atoms with Crippen molar-refractivity contribution in [3.63, 3.8) is 0 Å². The molecule has 0 saturated carbocycles. The summed E-state index contributed by atoms with van der Waals surface area (Å²) < 4.78 is 9.91. The van der Waals surface area contributed by atoms with Crippen LogP contribution in [0.4, 0.5) is 17.1 Å². The first-order valence-electron chi connectivity index (χ1n) is 20.6. The Bertz CT molecular complexity index is 3540. The summed E-state index contributed by atoms with van der Waals surface area (Å²) in [6, 6.07) is 61.9. The molecule has 58 heavy (non-hydrogen) atoms. The Labute approximate surface area is 335 Å². The highest BCUT2D eigenvalue weighted by atomic mass is 16.3. The third-order valence-electron chi connectivity index (χ3n) is 14.7. The number of aromatic nitrogens is 1. The molecular weight excluding hydrogens is 703 g/mol. The minimum atomic E-state index is -0.511. The van der Waals surface area contributed by atoms with E-state index in [0.29, 0.717) is 0 Å². The molecule has 0 N–H and O–H groups in total. The molecule has 4 heteroatoms. The van der Waals surface area contributed by atoms with Crippen molar-refractivity contribution in [2.75, 3.05) is 4.90 Å². The van der Waals surface area contributed by atoms with E-state index in [1.165, 1.54) is 100 Å². The fraction of sp³-hybridized carbons (Fsp3) is 0.0741. The summed E-state index contributed by atoms with van der Waals surface area (Å²) in [7, 11) is 0. The van der Waals surface area contributed by atoms with Crippen LogP contribution in [-0.4, -0.2) is 11.3 Å². The zero-order valence-electron chi connectivity index (χ0n) is 32.0. The molecule has 0 saturated heterocycles. The molecule has 0 bridgehead atoms. The molecule has 1 spiro atoms. The average molecular weight is 737 g/mol. The average Bonchev–Trinajstić information content (AvgIpc) is 3.97. The van der Waals surface area contributed by atoms with Crippen LogP contribution in [0.25, 0.3) is 66.4 Å². The van der Waals surface area contributed by atoms with E-state index < -0.39 is 5.41 Å². The lowest BCUT2D eigenvalue weighted by Crippen LogP contribution is -2.58. The van der Waals surface area contributed by atoms with Crippen LogP contribution in [-0.2, 0) is 10.8 Å². The Morgan fingerprint density at radius 3 is 1.93 bits per heavy atom. The Morgan fingerprint density at radius 2 is 1.12 bits per heavy atom. The van der Waals surface area contributed by atoms with Gasteiger partial charge < -0.3 is 13.8 Å². The van der Waals surface area contributed by atoms with Crippen LogP contribution in [0.5, 0.6) is 0 Å². The Kier molecular flexibility index (Phi) is 5.06. The molecule has 2 aromatic heterocycles. The first kappa shape index (κ1) is 30.1. The number of hydrogen-bond acceptors (Lipinski definition) is 2. The quantitative estimate of drug-likeness (QED) is 0.145. The maximum Gasteiger partial charge on any atom is 0.333 e. The largest absolute Gasteiger partial charge is 0.454 e. The molecule has 5 aliphatic rings. The van der Waals surface area contributed by atoms with Crippen LogP contribution in [0, 0.1) is 0 Å². The second-order valence-electron chi connectivity index (χ2n) is 17.5. The van der Waals surface area contributed by atoms with E-state index in [0.717, 1.165) is 27.6 Å². The van der Waals surface area contributed by atoms with Crippen molar-refractivity contribution < 1.29 is 4.42 Å². The maximum absolute atomic E-state index is 7.15. The molecule has 268 valence electrons. The first-order valence-corrected chi connectivity index (χ1v) is 20.6. The zero-order chi connectivity index (χ0) is 37.8. The van der Waals surface area contributed by atoms with Gasteiger partial charge in [0.05, 0.1) is 16.8 Å². The number of anilines is 3. The molecule has 0 radical (unpaired) electrons. The predicted molar refractivity (Wildman–Crippen MR) is 238 cm³/mol. The van der Waals surface area contributed by atoms with Crippen LogP contribution < -0.4 is 15.8 Å². The van der Waals surface area contributed by atoms with Crippen molar-refractivity contribution in [1.29, 1.82) is 0 Å². The Hall–Kier alpha value is -7.04. The van der Waals surface area contributed by atoms with Gasteiger partial charge in [-0.05, 0) is 79.2 Å². The third kappa shape index (κ3) is 3.06. The van der Waals surface area contributed by atoms with Crippen LogP contribution in [0.3, 0.4) is 0 Å². The monoisotopic (exact) mass is 736 g/mol. The van der Waals surface area contributed by atoms with E-state index in [9.17, 15) is 0 Å². The van der Waals surface area contributed by atoms with Crippen molar-refractivity contribution in [3.05, 3.63) is 197 Å². The van der Waals surface area contributed by atoms with Gasteiger partial charge in [-0.2, -0.15) is 0 Å². The summed E-state index contributed by atoms with van der Waals surface area (Å²) in [6.07, 6.45) is 0. The Morgan fingerprint density at radius 1 is 0.500 bits per heavy atom. The van der Waals surface area contributed by atoms with Crippen LogP contribution >= 0.6 is 0 Å². The van der Waals surface area contributed by atoms with Gasteiger partial charge in [-0.3, -0.25) is 0 Å². The van der Waals surface area contributed by atoms with Gasteiger partial charge in [0.25, 0.3) is 0 Å². The number of rotatable bonds is 0. The zero-order valence-corrected chi connectivity index (χ0v) is 32.0. The van der Waals surface area contributed by atoms with Crippen molar-refractivity contribution in [2.45, 2.75) is 24.7 Å². The SMILES string of the molecule is CC1(C)c2ccccc2-c2c1c1cccc3c1n2B1c2cccc4c2N(c2ccccc2C42c4ccccc4-c4ccccc42)c2c1c-3cc1c2oc2ccccc21. The van der Waals surface area contributed by atoms with Crippen molar-refractivity contribution in [1.82, 2.24) is 4.48 Å². The molecule has 3 nitrogen and oxygen atoms in total. The standard InChI is InChI=1S/C54H33BN2O/c1-53(2)38-21-7-5-18-34(38)49-46(53)35-20-13-19-33-36-29-37-32-17-6-12-28-45(32)58-52(37)51-47(36)55(57(49)48(33)35)43-26-14-25-42-50(43)56(51)44-27-11-10-24-41(44)54(42)39-22-8-3-15-30(39)31-16-4-9-23-40(31)54/h3-29H,1-2H3. The van der Waals surface area contributed by atoms with Gasteiger partial charge >= 0.3 is 6.85 Å². The van der Waals surface area contributed by atoms with Gasteiger partial charge in [-0.1, -0.05) is 159 Å². The molecule has 8 aromatic carbocycles. The highest BCUT2D eigenvalue weighted by molar-refractivity contribution is 6.90. The molecule has 2 aliphatic carbocycles. The summed E-state index contributed by atoms with van der Waals surface area (Å²) in [5, 5.41) is 3.66. The van der Waals surface area contributed by atoms with Crippen LogP contribution in [0.1, 0.15) is 47.2 Å². The second kappa shape index (κ2) is 9.73. The predicted octanol–water partition coefficient (Wildman–Crippen LogP) is 11.9. The first-order chi connectivity index (χ1) is 28.6. The smallest absolute Gasteiger partial charge is 0.333 e. The highest BCUT2D eigenvalue weighted by Crippen LogP contribution is 2.65. The Balaban J connectivity index is 1.19. The van der Waals surface area contributed by atoms with Gasteiger partial charge in [0, 0.05) is 49.6 Å². The van der Waals surface area contributed by atoms with E-state index in [-0.39, 0.29) is 12.3 Å². The summed E-state index contributed by atoms with van der Waals surface area (Å²) in [6.45, 7) is 4.75. The number of para-hydroxylation sites is 4. The minimum absolute atomic E-state index is 0.0916. The molecule has 0 amide bonds. The second-order valence-corrected chi connectivity index (χ2v) is 17.5. The summed E-state index contributed by atoms with van der Waals surface area (Å²) in [4.78, 5) is 2.61. The van der Waals surface area contributed by atoms with Crippen molar-refractivity contribution in [2.24, 2.45) is 0 Å². The molecule has 10 aromatic rings. The van der Waals surface area contributed by atoms with Gasteiger partial charge in [0.15, 0.2) is 5.58 Å². The lowest BCUT2D eigenvalue weighted by molar-refractivity contribution is 0.666. The molecule has 0 atom stereocenters. The highest BCUT2D eigenvalue weighted by Gasteiger charge is 2.56. The van der Waals surface area contributed by atoms with Crippen LogP contribution in [0.15, 0.2) is 168 Å². The number of nitrogens with zero attached hydrogens (tertiary/aromatic N) is 2. The van der Waals surface area contributed by atoms with Gasteiger partial charge in [-0.25, -0.2) is 0 Å². The van der Waals surface area contributed by atoms with Gasteiger partial charge in [0.1, 0.15) is 5.58 Å². The molecule has 5 heterocycles. The fourth-order valence-electron chi connectivity index (χ4n) is 12.7. The van der Waals surface area contributed by atoms with E-state index in [1.54, 1.807) is 0 Å². The van der Waals surface area contributed by atoms with Gasteiger partial charge in [0.2, 0.25) is 0 Å². The summed E-state index contributed by atoms with van der Waals surface area (Å²) >= 11 is 0. The third-order valence-corrected chi connectivity index (χ3v) is 14.7. The number of benzene rings is 8. The van der Waals surface area contributed by atoms with Crippen molar-refractivity contribution >= 4 is 67.7 Å². The molecular formula is C54H33BN2O. The summed E-state index contributed by atoms with van der Waals surface area (Å²) in [5.74, 6) is 0. The fourth-order valence-corrected chi connectivity index (χ4v) is 12.7. The molecule has 0 unspecified atom stereocenters. The maximum atomic E-state index is 7.15. The lowest BCUT2D eigenvalue weighted by atomic mass is 9.43. The van der Waals surface area contributed by atoms with Crippen molar-refractivity contribution in [3.8, 4) is 33.5 Å². The van der Waals surface area contributed by atoms with Crippen LogP contribution in [0.2, 0.25) is 0 Å². The number of furan rings is 1. The molecule has 0 fully saturated rings. The number of hydrogen-bond donors (Lipinski definition) is 0. The lowest BCUT2D eigenvalue weighted by Gasteiger charge is -2.49. The molecule has 15 rings (SSSR count). The van der Waals surface area contributed by atoms with Gasteiger partial charge in [-0.15, -0.1) is 0 Å². The normalized spacial score (nSPS) is 16.0. The number of fused-ring (bicyclic) bond motifs is 22. The topological polar surface area (TPSA) is 21.3 Å². The van der Waals surface area contributed by atoms with E-state index >= 15 is 0 Å². The van der Waals surface area contributed by atoms with E-state index in [1.807, 2.05) is 0 Å². The van der Waals surface area contributed by atoms with E-state index in [2.05, 4.69) is 187 Å². The van der Waals surface area contributed by atoms with E-state index in [4.69, 9.17) is 4.42 Å². The minimum Gasteiger partial charge on any atom is -0.454 e. The molecule has 3 aliphatic heterocycles. The summed E-state index contributed by atoms with van der Waals surface area (Å²) in [5.41, 5.74) is 24.8.